The Bertz CT molecular complexity index is 960. The monoisotopic (exact) mass is 365 g/mol. The molecule has 1 fully saturated rings. The van der Waals surface area contributed by atoms with E-state index >= 15 is 0 Å². The molecule has 0 unspecified atom stereocenters. The van der Waals surface area contributed by atoms with Crippen molar-refractivity contribution in [3.05, 3.63) is 48.4 Å². The van der Waals surface area contributed by atoms with Gasteiger partial charge in [0.25, 0.3) is 0 Å². The second-order valence-corrected chi connectivity index (χ2v) is 6.90. The molecule has 0 bridgehead atoms. The van der Waals surface area contributed by atoms with Crippen LogP contribution in [-0.4, -0.2) is 39.6 Å². The summed E-state index contributed by atoms with van der Waals surface area (Å²) in [5.74, 6) is 1.28. The minimum absolute atomic E-state index is 0.149. The zero-order valence-corrected chi connectivity index (χ0v) is 15.3. The van der Waals surface area contributed by atoms with Gasteiger partial charge in [-0.2, -0.15) is 0 Å². The third-order valence-electron chi connectivity index (χ3n) is 4.90. The molecule has 140 valence electrons. The Morgan fingerprint density at radius 1 is 1.26 bits per heavy atom. The highest BCUT2D eigenvalue weighted by atomic mass is 16.5. The molecule has 1 aliphatic rings. The summed E-state index contributed by atoms with van der Waals surface area (Å²) in [6.45, 7) is 3.88. The summed E-state index contributed by atoms with van der Waals surface area (Å²) in [6, 6.07) is 9.79. The van der Waals surface area contributed by atoms with Crippen LogP contribution in [0.4, 0.5) is 5.95 Å². The number of fused-ring (bicyclic) bond motifs is 1. The lowest BCUT2D eigenvalue weighted by atomic mass is 10.1. The fourth-order valence-electron chi connectivity index (χ4n) is 3.54. The van der Waals surface area contributed by atoms with Crippen LogP contribution in [0.1, 0.15) is 18.5 Å². The summed E-state index contributed by atoms with van der Waals surface area (Å²) in [5, 5.41) is 1.00. The Kier molecular flexibility index (Phi) is 4.66. The minimum atomic E-state index is -0.357. The number of nitrogens with zero attached hydrogens (tertiary/aromatic N) is 4. The molecular formula is C20H23N5O2. The van der Waals surface area contributed by atoms with Crippen molar-refractivity contribution in [2.75, 3.05) is 18.0 Å². The molecule has 1 aliphatic heterocycles. The van der Waals surface area contributed by atoms with E-state index in [4.69, 9.17) is 10.5 Å². The maximum atomic E-state index is 11.2. The molecule has 7 heteroatoms. The summed E-state index contributed by atoms with van der Waals surface area (Å²) in [7, 11) is 0. The van der Waals surface area contributed by atoms with Crippen LogP contribution in [0.2, 0.25) is 0 Å². The zero-order chi connectivity index (χ0) is 18.8. The van der Waals surface area contributed by atoms with Crippen LogP contribution in [0.3, 0.4) is 0 Å². The first-order chi connectivity index (χ1) is 13.1. The zero-order valence-electron chi connectivity index (χ0n) is 15.3. The van der Waals surface area contributed by atoms with Gasteiger partial charge in [0, 0.05) is 49.4 Å². The molecule has 7 nitrogen and oxygen atoms in total. The standard InChI is InChI=1S/C20H23N5O2/c1-14-5-9-22-20(23-14)24-10-6-15(7-11-24)27-18-4-2-3-17-16(18)8-12-25(17)13-19(21)26/h2-5,8-9,12,15H,6-7,10-11,13H2,1H3,(H2,21,26). The number of ether oxygens (including phenoxy) is 1. The molecule has 0 atom stereocenters. The molecule has 0 spiro atoms. The van der Waals surface area contributed by atoms with Crippen molar-refractivity contribution in [3.63, 3.8) is 0 Å². The van der Waals surface area contributed by atoms with Crippen molar-refractivity contribution in [2.45, 2.75) is 32.4 Å². The average Bonchev–Trinajstić information content (AvgIpc) is 3.06. The lowest BCUT2D eigenvalue weighted by Crippen LogP contribution is -2.39. The number of rotatable bonds is 5. The van der Waals surface area contributed by atoms with Crippen LogP contribution in [0.15, 0.2) is 42.7 Å². The second-order valence-electron chi connectivity index (χ2n) is 6.90. The topological polar surface area (TPSA) is 86.3 Å². The molecule has 0 aliphatic carbocycles. The van der Waals surface area contributed by atoms with Crippen LogP contribution in [0, 0.1) is 6.92 Å². The van der Waals surface area contributed by atoms with Gasteiger partial charge in [-0.25, -0.2) is 9.97 Å². The first-order valence-electron chi connectivity index (χ1n) is 9.17. The fourth-order valence-corrected chi connectivity index (χ4v) is 3.54. The van der Waals surface area contributed by atoms with Gasteiger partial charge >= 0.3 is 0 Å². The van der Waals surface area contributed by atoms with E-state index in [0.717, 1.165) is 54.2 Å². The van der Waals surface area contributed by atoms with E-state index in [1.807, 2.05) is 48.0 Å². The van der Waals surface area contributed by atoms with Crippen LogP contribution >= 0.6 is 0 Å². The molecule has 3 aromatic rings. The lowest BCUT2D eigenvalue weighted by Gasteiger charge is -2.32. The maximum Gasteiger partial charge on any atom is 0.237 e. The third kappa shape index (κ3) is 3.72. The molecule has 0 saturated carbocycles. The number of benzene rings is 1. The Morgan fingerprint density at radius 2 is 2.07 bits per heavy atom. The van der Waals surface area contributed by atoms with Crippen LogP contribution in [-0.2, 0) is 11.3 Å². The van der Waals surface area contributed by atoms with Gasteiger partial charge in [0.2, 0.25) is 11.9 Å². The first kappa shape index (κ1) is 17.3. The SMILES string of the molecule is Cc1ccnc(N2CCC(Oc3cccc4c3ccn4CC(N)=O)CC2)n1. The van der Waals surface area contributed by atoms with E-state index in [0.29, 0.717) is 0 Å². The first-order valence-corrected chi connectivity index (χ1v) is 9.17. The van der Waals surface area contributed by atoms with Gasteiger partial charge in [-0.1, -0.05) is 6.07 Å². The Labute approximate surface area is 157 Å². The number of hydrogen-bond donors (Lipinski definition) is 1. The van der Waals surface area contributed by atoms with Crippen molar-refractivity contribution in [1.82, 2.24) is 14.5 Å². The van der Waals surface area contributed by atoms with Crippen LogP contribution < -0.4 is 15.4 Å². The highest BCUT2D eigenvalue weighted by Gasteiger charge is 2.23. The molecule has 3 heterocycles. The van der Waals surface area contributed by atoms with Crippen molar-refractivity contribution in [2.24, 2.45) is 5.73 Å². The minimum Gasteiger partial charge on any atom is -0.490 e. The van der Waals surface area contributed by atoms with Gasteiger partial charge in [0.15, 0.2) is 0 Å². The third-order valence-corrected chi connectivity index (χ3v) is 4.90. The van der Waals surface area contributed by atoms with E-state index < -0.39 is 0 Å². The number of hydrogen-bond acceptors (Lipinski definition) is 5. The predicted octanol–water partition coefficient (Wildman–Crippen LogP) is 2.27. The van der Waals surface area contributed by atoms with E-state index in [2.05, 4.69) is 14.9 Å². The summed E-state index contributed by atoms with van der Waals surface area (Å²) in [6.07, 6.45) is 5.65. The number of piperidine rings is 1. The number of nitrogens with two attached hydrogens (primary N) is 1. The Balaban J connectivity index is 1.45. The Morgan fingerprint density at radius 3 is 2.81 bits per heavy atom. The molecule has 0 radical (unpaired) electrons. The summed E-state index contributed by atoms with van der Waals surface area (Å²) < 4.78 is 8.15. The quantitative estimate of drug-likeness (QED) is 0.750. The predicted molar refractivity (Wildman–Crippen MR) is 104 cm³/mol. The molecule has 2 N–H and O–H groups in total. The Hall–Kier alpha value is -3.09. The summed E-state index contributed by atoms with van der Waals surface area (Å²) in [5.41, 5.74) is 7.26. The number of aryl methyl sites for hydroxylation is 1. The van der Waals surface area contributed by atoms with Crippen molar-refractivity contribution < 1.29 is 9.53 Å². The summed E-state index contributed by atoms with van der Waals surface area (Å²) >= 11 is 0. The average molecular weight is 365 g/mol. The van der Waals surface area contributed by atoms with Crippen LogP contribution in [0.5, 0.6) is 5.75 Å². The molecular weight excluding hydrogens is 342 g/mol. The van der Waals surface area contributed by atoms with Gasteiger partial charge in [-0.15, -0.1) is 0 Å². The van der Waals surface area contributed by atoms with Crippen LogP contribution in [0.25, 0.3) is 10.9 Å². The molecule has 1 saturated heterocycles. The lowest BCUT2D eigenvalue weighted by molar-refractivity contribution is -0.118. The van der Waals surface area contributed by atoms with Gasteiger partial charge in [0.05, 0.1) is 5.52 Å². The number of anilines is 1. The smallest absolute Gasteiger partial charge is 0.237 e. The largest absolute Gasteiger partial charge is 0.490 e. The molecule has 2 aromatic heterocycles. The van der Waals surface area contributed by atoms with Gasteiger partial charge in [0.1, 0.15) is 18.4 Å². The normalized spacial score (nSPS) is 15.2. The second kappa shape index (κ2) is 7.26. The molecule has 1 amide bonds. The van der Waals surface area contributed by atoms with Crippen molar-refractivity contribution in [1.29, 1.82) is 0 Å². The number of aromatic nitrogens is 3. The number of primary amides is 1. The molecule has 1 aromatic carbocycles. The van der Waals surface area contributed by atoms with E-state index in [1.54, 1.807) is 6.20 Å². The van der Waals surface area contributed by atoms with E-state index in [9.17, 15) is 4.79 Å². The van der Waals surface area contributed by atoms with Crippen molar-refractivity contribution >= 4 is 22.8 Å². The number of amides is 1. The van der Waals surface area contributed by atoms with E-state index in [-0.39, 0.29) is 18.6 Å². The van der Waals surface area contributed by atoms with Gasteiger partial charge < -0.3 is 19.9 Å². The number of carbonyl (C=O) groups excluding carboxylic acids is 1. The van der Waals surface area contributed by atoms with Gasteiger partial charge in [-0.05, 0) is 31.2 Å². The highest BCUT2D eigenvalue weighted by Crippen LogP contribution is 2.29. The summed E-state index contributed by atoms with van der Waals surface area (Å²) in [4.78, 5) is 22.3. The molecule has 4 rings (SSSR count). The van der Waals surface area contributed by atoms with Crippen molar-refractivity contribution in [3.8, 4) is 5.75 Å². The van der Waals surface area contributed by atoms with Gasteiger partial charge in [-0.3, -0.25) is 4.79 Å². The maximum absolute atomic E-state index is 11.2. The number of carbonyl (C=O) groups is 1. The fraction of sp³-hybridized carbons (Fsp3) is 0.350. The van der Waals surface area contributed by atoms with E-state index in [1.165, 1.54) is 0 Å². The highest BCUT2D eigenvalue weighted by molar-refractivity contribution is 5.87. The molecule has 27 heavy (non-hydrogen) atoms.